The summed E-state index contributed by atoms with van der Waals surface area (Å²) >= 11 is 0. The molecule has 0 aromatic carbocycles. The first-order chi connectivity index (χ1) is 8.19. The number of nitrogen functional groups attached to an aromatic ring is 1. The van der Waals surface area contributed by atoms with Crippen LogP contribution < -0.4 is 11.5 Å². The maximum absolute atomic E-state index is 11.9. The third-order valence-electron chi connectivity index (χ3n) is 3.09. The molecule has 1 heterocycles. The summed E-state index contributed by atoms with van der Waals surface area (Å²) in [5, 5.41) is 0. The molecule has 0 aliphatic heterocycles. The Kier molecular flexibility index (Phi) is 5.63. The van der Waals surface area contributed by atoms with Gasteiger partial charge in [0, 0.05) is 24.5 Å². The predicted molar refractivity (Wildman–Crippen MR) is 69.7 cm³/mol. The molecule has 94 valence electrons. The standard InChI is InChI=1S/C13H21N3O/c1-2-10(5-7-14)3-4-13(17)11-9-16-8-6-12(11)15/h6,8-10H,2-5,7,14H2,1H3,(H2,15,16). The van der Waals surface area contributed by atoms with Gasteiger partial charge in [-0.3, -0.25) is 9.78 Å². The Morgan fingerprint density at radius 2 is 2.24 bits per heavy atom. The quantitative estimate of drug-likeness (QED) is 0.708. The Bertz CT molecular complexity index is 365. The monoisotopic (exact) mass is 235 g/mol. The van der Waals surface area contributed by atoms with Gasteiger partial charge in [-0.25, -0.2) is 0 Å². The highest BCUT2D eigenvalue weighted by Gasteiger charge is 2.12. The van der Waals surface area contributed by atoms with Crippen LogP contribution in [0.5, 0.6) is 0 Å². The molecule has 17 heavy (non-hydrogen) atoms. The number of aromatic nitrogens is 1. The van der Waals surface area contributed by atoms with Gasteiger partial charge in [0.05, 0.1) is 5.56 Å². The van der Waals surface area contributed by atoms with Crippen LogP contribution in [-0.4, -0.2) is 17.3 Å². The van der Waals surface area contributed by atoms with Crippen molar-refractivity contribution in [1.82, 2.24) is 4.98 Å². The third-order valence-corrected chi connectivity index (χ3v) is 3.09. The van der Waals surface area contributed by atoms with Crippen molar-refractivity contribution in [2.45, 2.75) is 32.6 Å². The van der Waals surface area contributed by atoms with E-state index in [1.165, 1.54) is 0 Å². The number of hydrogen-bond donors (Lipinski definition) is 2. The van der Waals surface area contributed by atoms with Gasteiger partial charge in [0.15, 0.2) is 5.78 Å². The molecule has 4 N–H and O–H groups in total. The molecule has 0 saturated carbocycles. The van der Waals surface area contributed by atoms with Crippen LogP contribution in [0, 0.1) is 5.92 Å². The average Bonchev–Trinajstić information content (AvgIpc) is 2.34. The number of anilines is 1. The second kappa shape index (κ2) is 7.01. The van der Waals surface area contributed by atoms with Gasteiger partial charge in [-0.1, -0.05) is 13.3 Å². The summed E-state index contributed by atoms with van der Waals surface area (Å²) in [6.07, 6.45) is 6.57. The Labute approximate surface area is 102 Å². The topological polar surface area (TPSA) is 82.0 Å². The highest BCUT2D eigenvalue weighted by molar-refractivity contribution is 6.00. The second-order valence-corrected chi connectivity index (χ2v) is 4.28. The fourth-order valence-electron chi connectivity index (χ4n) is 1.90. The lowest BCUT2D eigenvalue weighted by molar-refractivity contribution is 0.0973. The van der Waals surface area contributed by atoms with Crippen molar-refractivity contribution < 1.29 is 4.79 Å². The predicted octanol–water partition coefficient (Wildman–Crippen LogP) is 2.00. The summed E-state index contributed by atoms with van der Waals surface area (Å²) in [4.78, 5) is 15.9. The van der Waals surface area contributed by atoms with Crippen LogP contribution in [0.2, 0.25) is 0 Å². The van der Waals surface area contributed by atoms with E-state index in [4.69, 9.17) is 11.5 Å². The van der Waals surface area contributed by atoms with E-state index in [0.29, 0.717) is 30.1 Å². The van der Waals surface area contributed by atoms with Crippen LogP contribution in [-0.2, 0) is 0 Å². The lowest BCUT2D eigenvalue weighted by atomic mass is 9.94. The normalized spacial score (nSPS) is 12.4. The molecule has 0 fully saturated rings. The summed E-state index contributed by atoms with van der Waals surface area (Å²) < 4.78 is 0. The number of nitrogens with zero attached hydrogens (tertiary/aromatic N) is 1. The SMILES string of the molecule is CCC(CCN)CCC(=O)c1cnccc1N. The highest BCUT2D eigenvalue weighted by atomic mass is 16.1. The van der Waals surface area contributed by atoms with E-state index >= 15 is 0 Å². The molecule has 1 atom stereocenters. The summed E-state index contributed by atoms with van der Waals surface area (Å²) in [7, 11) is 0. The van der Waals surface area contributed by atoms with E-state index in [1.54, 1.807) is 18.5 Å². The van der Waals surface area contributed by atoms with Gasteiger partial charge in [0.2, 0.25) is 0 Å². The highest BCUT2D eigenvalue weighted by Crippen LogP contribution is 2.18. The summed E-state index contributed by atoms with van der Waals surface area (Å²) in [6.45, 7) is 2.81. The largest absolute Gasteiger partial charge is 0.398 e. The minimum absolute atomic E-state index is 0.0751. The first-order valence-electron chi connectivity index (χ1n) is 6.11. The lowest BCUT2D eigenvalue weighted by Crippen LogP contribution is -2.11. The number of carbonyl (C=O) groups is 1. The van der Waals surface area contributed by atoms with Crippen molar-refractivity contribution >= 4 is 11.5 Å². The second-order valence-electron chi connectivity index (χ2n) is 4.28. The summed E-state index contributed by atoms with van der Waals surface area (Å²) in [5.41, 5.74) is 12.3. The van der Waals surface area contributed by atoms with Crippen LogP contribution in [0.4, 0.5) is 5.69 Å². The van der Waals surface area contributed by atoms with E-state index in [0.717, 1.165) is 19.3 Å². The Hall–Kier alpha value is -1.42. The zero-order chi connectivity index (χ0) is 12.7. The Morgan fingerprint density at radius 1 is 1.47 bits per heavy atom. The molecule has 1 aromatic rings. The molecule has 0 amide bonds. The van der Waals surface area contributed by atoms with Gasteiger partial charge in [0.1, 0.15) is 0 Å². The van der Waals surface area contributed by atoms with Gasteiger partial charge in [-0.15, -0.1) is 0 Å². The molecule has 0 saturated heterocycles. The molecule has 0 bridgehead atoms. The molecular formula is C13H21N3O. The smallest absolute Gasteiger partial charge is 0.166 e. The molecule has 1 unspecified atom stereocenters. The molecule has 1 aromatic heterocycles. The van der Waals surface area contributed by atoms with Gasteiger partial charge in [-0.2, -0.15) is 0 Å². The molecule has 1 rings (SSSR count). The Morgan fingerprint density at radius 3 is 2.82 bits per heavy atom. The van der Waals surface area contributed by atoms with Crippen LogP contribution >= 0.6 is 0 Å². The molecule has 4 heteroatoms. The van der Waals surface area contributed by atoms with Crippen LogP contribution in [0.25, 0.3) is 0 Å². The van der Waals surface area contributed by atoms with Gasteiger partial charge < -0.3 is 11.5 Å². The van der Waals surface area contributed by atoms with Crippen molar-refractivity contribution in [3.8, 4) is 0 Å². The lowest BCUT2D eigenvalue weighted by Gasteiger charge is -2.12. The number of carbonyl (C=O) groups excluding carboxylic acids is 1. The molecule has 0 radical (unpaired) electrons. The van der Waals surface area contributed by atoms with Crippen molar-refractivity contribution in [3.63, 3.8) is 0 Å². The van der Waals surface area contributed by atoms with E-state index in [2.05, 4.69) is 11.9 Å². The Balaban J connectivity index is 2.52. The first-order valence-corrected chi connectivity index (χ1v) is 6.11. The fourth-order valence-corrected chi connectivity index (χ4v) is 1.90. The van der Waals surface area contributed by atoms with Crippen LogP contribution in [0.3, 0.4) is 0 Å². The van der Waals surface area contributed by atoms with Gasteiger partial charge in [-0.05, 0) is 31.4 Å². The van der Waals surface area contributed by atoms with Crippen LogP contribution in [0.1, 0.15) is 43.0 Å². The average molecular weight is 235 g/mol. The fraction of sp³-hybridized carbons (Fsp3) is 0.538. The van der Waals surface area contributed by atoms with E-state index in [9.17, 15) is 4.79 Å². The summed E-state index contributed by atoms with van der Waals surface area (Å²) in [6, 6.07) is 1.66. The zero-order valence-corrected chi connectivity index (χ0v) is 10.4. The minimum atomic E-state index is 0.0751. The van der Waals surface area contributed by atoms with Crippen LogP contribution in [0.15, 0.2) is 18.5 Å². The first kappa shape index (κ1) is 13.6. The molecular weight excluding hydrogens is 214 g/mol. The number of rotatable bonds is 7. The molecule has 0 aliphatic carbocycles. The van der Waals surface area contributed by atoms with Gasteiger partial charge >= 0.3 is 0 Å². The molecule has 4 nitrogen and oxygen atoms in total. The number of nitrogens with two attached hydrogens (primary N) is 2. The molecule has 0 aliphatic rings. The van der Waals surface area contributed by atoms with Crippen molar-refractivity contribution in [3.05, 3.63) is 24.0 Å². The van der Waals surface area contributed by atoms with Crippen molar-refractivity contribution in [2.75, 3.05) is 12.3 Å². The minimum Gasteiger partial charge on any atom is -0.398 e. The summed E-state index contributed by atoms with van der Waals surface area (Å²) in [5.74, 6) is 0.605. The van der Waals surface area contributed by atoms with Crippen molar-refractivity contribution in [1.29, 1.82) is 0 Å². The third kappa shape index (κ3) is 4.15. The molecule has 0 spiro atoms. The van der Waals surface area contributed by atoms with E-state index in [1.807, 2.05) is 0 Å². The van der Waals surface area contributed by atoms with Crippen molar-refractivity contribution in [2.24, 2.45) is 11.7 Å². The van der Waals surface area contributed by atoms with E-state index in [-0.39, 0.29) is 5.78 Å². The van der Waals surface area contributed by atoms with E-state index < -0.39 is 0 Å². The number of Topliss-reactive ketones (excluding diaryl/α,β-unsaturated/α-hetero) is 1. The number of hydrogen-bond acceptors (Lipinski definition) is 4. The number of pyridine rings is 1. The van der Waals surface area contributed by atoms with Gasteiger partial charge in [0.25, 0.3) is 0 Å². The maximum atomic E-state index is 11.9. The number of ketones is 1. The maximum Gasteiger partial charge on any atom is 0.166 e. The zero-order valence-electron chi connectivity index (χ0n) is 10.4.